The second-order valence-corrected chi connectivity index (χ2v) is 7.53. The molecule has 5 nitrogen and oxygen atoms in total. The topological polar surface area (TPSA) is 77.9 Å². The van der Waals surface area contributed by atoms with Gasteiger partial charge in [0.2, 0.25) is 5.91 Å². The Morgan fingerprint density at radius 1 is 1.00 bits per heavy atom. The molecule has 0 saturated carbocycles. The zero-order valence-electron chi connectivity index (χ0n) is 17.3. The maximum absolute atomic E-state index is 14.0. The third-order valence-electron chi connectivity index (χ3n) is 5.27. The molecule has 1 aliphatic carbocycles. The number of nitrogens with zero attached hydrogens (tertiary/aromatic N) is 3. The quantitative estimate of drug-likeness (QED) is 0.270. The molecule has 0 aliphatic heterocycles. The third kappa shape index (κ3) is 5.12. The molecule has 4 rings (SSSR count). The van der Waals surface area contributed by atoms with Crippen LogP contribution in [0.1, 0.15) is 34.2 Å². The Hall–Kier alpha value is -4.15. The predicted octanol–water partition coefficient (Wildman–Crippen LogP) is 6.28. The highest BCUT2D eigenvalue weighted by molar-refractivity contribution is 6.05. The molecule has 0 radical (unpaired) electrons. The van der Waals surface area contributed by atoms with E-state index in [1.807, 2.05) is 66.7 Å². The minimum absolute atomic E-state index is 0.112. The monoisotopic (exact) mass is 424 g/mol. The summed E-state index contributed by atoms with van der Waals surface area (Å²) in [6.45, 7) is 0.755. The molecule has 0 spiro atoms. The van der Waals surface area contributed by atoms with Crippen molar-refractivity contribution in [1.29, 1.82) is 0 Å². The summed E-state index contributed by atoms with van der Waals surface area (Å²) in [6, 6.07) is 22.1. The number of carbonyl (C=O) groups is 1. The van der Waals surface area contributed by atoms with Gasteiger partial charge < -0.3 is 5.32 Å². The number of carbonyl (C=O) groups excluding carboxylic acids is 1. The van der Waals surface area contributed by atoms with Crippen molar-refractivity contribution in [1.82, 2.24) is 5.32 Å². The van der Waals surface area contributed by atoms with Gasteiger partial charge in [-0.25, -0.2) is 4.39 Å². The largest absolute Gasteiger partial charge is 0.352 e. The van der Waals surface area contributed by atoms with E-state index in [1.54, 1.807) is 6.07 Å². The second kappa shape index (κ2) is 9.77. The van der Waals surface area contributed by atoms with Crippen LogP contribution >= 0.6 is 0 Å². The minimum Gasteiger partial charge on any atom is -0.352 e. The summed E-state index contributed by atoms with van der Waals surface area (Å²) in [5, 5.41) is 6.50. The number of amides is 1. The van der Waals surface area contributed by atoms with E-state index in [2.05, 4.69) is 15.3 Å². The summed E-state index contributed by atoms with van der Waals surface area (Å²) in [6.07, 6.45) is 4.12. The Balaban J connectivity index is 1.54. The molecule has 0 fully saturated rings. The third-order valence-corrected chi connectivity index (χ3v) is 5.27. The van der Waals surface area contributed by atoms with Gasteiger partial charge >= 0.3 is 0 Å². The molecule has 0 bridgehead atoms. The highest BCUT2D eigenvalue weighted by atomic mass is 19.1. The fourth-order valence-electron chi connectivity index (χ4n) is 3.69. The number of allylic oxidation sites excluding steroid dienone is 2. The van der Waals surface area contributed by atoms with Crippen LogP contribution in [0.15, 0.2) is 84.0 Å². The van der Waals surface area contributed by atoms with E-state index in [0.29, 0.717) is 13.1 Å². The summed E-state index contributed by atoms with van der Waals surface area (Å²) in [5.74, 6) is -0.443. The highest BCUT2D eigenvalue weighted by Crippen LogP contribution is 2.38. The van der Waals surface area contributed by atoms with Crippen LogP contribution in [-0.4, -0.2) is 5.91 Å². The van der Waals surface area contributed by atoms with Crippen molar-refractivity contribution in [2.24, 2.45) is 5.11 Å². The Morgan fingerprint density at radius 3 is 2.53 bits per heavy atom. The molecule has 32 heavy (non-hydrogen) atoms. The number of fused-ring (bicyclic) bond motifs is 1. The first-order chi connectivity index (χ1) is 15.6. The molecule has 0 saturated heterocycles. The van der Waals surface area contributed by atoms with E-state index in [4.69, 9.17) is 5.53 Å². The highest BCUT2D eigenvalue weighted by Gasteiger charge is 2.21. The number of rotatable bonds is 7. The number of hydrogen-bond acceptors (Lipinski definition) is 2. The van der Waals surface area contributed by atoms with E-state index in [0.717, 1.165) is 39.0 Å². The number of azide groups is 1. The van der Waals surface area contributed by atoms with Gasteiger partial charge in [-0.2, -0.15) is 0 Å². The van der Waals surface area contributed by atoms with Crippen molar-refractivity contribution in [2.45, 2.75) is 19.5 Å². The lowest BCUT2D eigenvalue weighted by atomic mass is 10.0. The summed E-state index contributed by atoms with van der Waals surface area (Å²) >= 11 is 0. The minimum atomic E-state index is -0.331. The molecule has 0 unspecified atom stereocenters. The number of nitrogens with one attached hydrogen (secondary N) is 1. The zero-order valence-corrected chi connectivity index (χ0v) is 17.3. The summed E-state index contributed by atoms with van der Waals surface area (Å²) in [4.78, 5) is 15.3. The molecular formula is C26H21FN4O. The van der Waals surface area contributed by atoms with Gasteiger partial charge in [-0.05, 0) is 68.8 Å². The fourth-order valence-corrected chi connectivity index (χ4v) is 3.69. The van der Waals surface area contributed by atoms with Crippen LogP contribution in [0.25, 0.3) is 27.7 Å². The molecule has 6 heteroatoms. The summed E-state index contributed by atoms with van der Waals surface area (Å²) in [7, 11) is 0. The molecule has 1 aliphatic rings. The average Bonchev–Trinajstić information content (AvgIpc) is 3.13. The first kappa shape index (κ1) is 21.1. The average molecular weight is 424 g/mol. The van der Waals surface area contributed by atoms with Gasteiger partial charge in [0, 0.05) is 11.5 Å². The van der Waals surface area contributed by atoms with E-state index in [9.17, 15) is 9.18 Å². The van der Waals surface area contributed by atoms with Gasteiger partial charge in [0.25, 0.3) is 0 Å². The van der Waals surface area contributed by atoms with Crippen molar-refractivity contribution in [3.63, 3.8) is 0 Å². The maximum Gasteiger partial charge on any atom is 0.224 e. The molecular weight excluding hydrogens is 403 g/mol. The Labute approximate surface area is 185 Å². The Bertz CT molecular complexity index is 1240. The van der Waals surface area contributed by atoms with Gasteiger partial charge in [0.05, 0.1) is 13.0 Å². The van der Waals surface area contributed by atoms with Crippen molar-refractivity contribution < 1.29 is 9.18 Å². The molecule has 3 aromatic carbocycles. The molecule has 3 aromatic rings. The molecule has 0 aromatic heterocycles. The second-order valence-electron chi connectivity index (χ2n) is 7.53. The van der Waals surface area contributed by atoms with Crippen molar-refractivity contribution in [3.05, 3.63) is 123 Å². The predicted molar refractivity (Wildman–Crippen MR) is 124 cm³/mol. The van der Waals surface area contributed by atoms with Crippen LogP contribution in [0.5, 0.6) is 0 Å². The van der Waals surface area contributed by atoms with Crippen LogP contribution in [0.3, 0.4) is 0 Å². The standard InChI is InChI=1S/C26H21FN4O/c27-23-10-11-24-21(12-18-6-8-20(9-7-18)17-30-31-28)13-22(25(24)15-23)14-26(32)29-16-19-4-2-1-3-5-19/h1-13,15H,14,16-17H2,(H,29,32)/b21-12+. The van der Waals surface area contributed by atoms with Gasteiger partial charge in [-0.1, -0.05) is 65.8 Å². The smallest absolute Gasteiger partial charge is 0.224 e. The van der Waals surface area contributed by atoms with Crippen molar-refractivity contribution in [3.8, 4) is 0 Å². The molecule has 1 N–H and O–H groups in total. The van der Waals surface area contributed by atoms with Crippen LogP contribution < -0.4 is 5.32 Å². The van der Waals surface area contributed by atoms with Crippen LogP contribution in [0.4, 0.5) is 4.39 Å². The maximum atomic E-state index is 14.0. The van der Waals surface area contributed by atoms with E-state index < -0.39 is 0 Å². The summed E-state index contributed by atoms with van der Waals surface area (Å²) < 4.78 is 14.0. The molecule has 158 valence electrons. The molecule has 1 amide bonds. The van der Waals surface area contributed by atoms with Crippen LogP contribution in [0, 0.1) is 5.82 Å². The lowest BCUT2D eigenvalue weighted by Crippen LogP contribution is -2.22. The van der Waals surface area contributed by atoms with Gasteiger partial charge in [-0.3, -0.25) is 4.79 Å². The van der Waals surface area contributed by atoms with Crippen molar-refractivity contribution >= 4 is 23.1 Å². The summed E-state index contributed by atoms with van der Waals surface area (Å²) in [5.41, 5.74) is 14.7. The fraction of sp³-hybridized carbons (Fsp3) is 0.115. The van der Waals surface area contributed by atoms with Crippen LogP contribution in [0.2, 0.25) is 0 Å². The molecule has 0 heterocycles. The first-order valence-electron chi connectivity index (χ1n) is 10.3. The van der Waals surface area contributed by atoms with E-state index in [-0.39, 0.29) is 18.1 Å². The van der Waals surface area contributed by atoms with E-state index >= 15 is 0 Å². The Kier molecular flexibility index (Phi) is 6.44. The number of hydrogen-bond donors (Lipinski definition) is 1. The zero-order chi connectivity index (χ0) is 22.3. The Morgan fingerprint density at radius 2 is 1.78 bits per heavy atom. The number of benzene rings is 3. The van der Waals surface area contributed by atoms with Gasteiger partial charge in [0.15, 0.2) is 0 Å². The first-order valence-corrected chi connectivity index (χ1v) is 10.3. The van der Waals surface area contributed by atoms with Gasteiger partial charge in [0.1, 0.15) is 5.82 Å². The lowest BCUT2D eigenvalue weighted by Gasteiger charge is -2.08. The normalized spacial score (nSPS) is 13.3. The van der Waals surface area contributed by atoms with Gasteiger partial charge in [-0.15, -0.1) is 0 Å². The lowest BCUT2D eigenvalue weighted by molar-refractivity contribution is -0.120. The van der Waals surface area contributed by atoms with Crippen molar-refractivity contribution in [2.75, 3.05) is 0 Å². The van der Waals surface area contributed by atoms with E-state index in [1.165, 1.54) is 12.1 Å². The van der Waals surface area contributed by atoms with Crippen LogP contribution in [-0.2, 0) is 17.9 Å². The SMILES string of the molecule is [N-]=[N+]=NCc1ccc(/C=C2\C=C(CC(=O)NCc3ccccc3)c3cc(F)ccc32)cc1. The number of halogens is 1. The molecule has 0 atom stereocenters.